The van der Waals surface area contributed by atoms with Gasteiger partial charge in [-0.1, -0.05) is 146 Å². The van der Waals surface area contributed by atoms with Crippen molar-refractivity contribution in [1.82, 2.24) is 4.57 Å². The van der Waals surface area contributed by atoms with Gasteiger partial charge in [-0.25, -0.2) is 0 Å². The van der Waals surface area contributed by atoms with Gasteiger partial charge in [-0.15, -0.1) is 0 Å². The SMILES string of the molecule is c1ccc2c(N(c3ccc(-c4ccc5oc6ccccc6c5c4)cc3)c3ccc(-c4ccc5c(c4)c4ccccc4n5-c4cccc5ccccc45)cc3)cccc2c1. The Morgan fingerprint density at radius 1 is 0.322 bits per heavy atom. The van der Waals surface area contributed by atoms with Crippen LogP contribution in [0.5, 0.6) is 0 Å². The summed E-state index contributed by atoms with van der Waals surface area (Å²) in [7, 11) is 0. The van der Waals surface area contributed by atoms with Crippen LogP contribution >= 0.6 is 0 Å². The van der Waals surface area contributed by atoms with Crippen LogP contribution in [0.1, 0.15) is 0 Å². The minimum Gasteiger partial charge on any atom is -0.456 e. The molecule has 2 aromatic heterocycles. The molecule has 0 unspecified atom stereocenters. The van der Waals surface area contributed by atoms with Crippen LogP contribution in [0.15, 0.2) is 223 Å². The topological polar surface area (TPSA) is 21.3 Å². The number of benzene rings is 10. The Hall–Kier alpha value is -7.88. The molecule has 2 heterocycles. The predicted octanol–water partition coefficient (Wildman–Crippen LogP) is 15.8. The first-order valence-electron chi connectivity index (χ1n) is 20.2. The zero-order valence-electron chi connectivity index (χ0n) is 32.1. The number of hydrogen-bond acceptors (Lipinski definition) is 2. The van der Waals surface area contributed by atoms with Gasteiger partial charge in [0.25, 0.3) is 0 Å². The highest BCUT2D eigenvalue weighted by Gasteiger charge is 2.18. The van der Waals surface area contributed by atoms with E-state index in [1.807, 2.05) is 12.1 Å². The van der Waals surface area contributed by atoms with Crippen LogP contribution in [0, 0.1) is 0 Å². The van der Waals surface area contributed by atoms with E-state index in [2.05, 4.69) is 216 Å². The molecule has 0 fully saturated rings. The second-order valence-corrected chi connectivity index (χ2v) is 15.3. The average molecular weight is 753 g/mol. The van der Waals surface area contributed by atoms with Gasteiger partial charge in [0.2, 0.25) is 0 Å². The highest BCUT2D eigenvalue weighted by molar-refractivity contribution is 6.12. The van der Waals surface area contributed by atoms with Crippen LogP contribution < -0.4 is 4.90 Å². The van der Waals surface area contributed by atoms with Crippen molar-refractivity contribution >= 4 is 82.4 Å². The Bertz CT molecular complexity index is 3540. The molecule has 0 amide bonds. The van der Waals surface area contributed by atoms with Crippen LogP contribution in [-0.2, 0) is 0 Å². The number of anilines is 3. The van der Waals surface area contributed by atoms with E-state index >= 15 is 0 Å². The third-order valence-corrected chi connectivity index (χ3v) is 12.0. The summed E-state index contributed by atoms with van der Waals surface area (Å²) in [5, 5.41) is 9.65. The molecule has 59 heavy (non-hydrogen) atoms. The molecule has 0 aliphatic heterocycles. The summed E-state index contributed by atoms with van der Waals surface area (Å²) in [6, 6.07) is 78.8. The summed E-state index contributed by atoms with van der Waals surface area (Å²) < 4.78 is 8.54. The number of hydrogen-bond donors (Lipinski definition) is 0. The monoisotopic (exact) mass is 752 g/mol. The quantitative estimate of drug-likeness (QED) is 0.169. The fraction of sp³-hybridized carbons (Fsp3) is 0. The Balaban J connectivity index is 0.946. The van der Waals surface area contributed by atoms with Gasteiger partial charge in [-0.05, 0) is 106 Å². The first-order chi connectivity index (χ1) is 29.2. The van der Waals surface area contributed by atoms with E-state index in [1.54, 1.807) is 0 Å². The van der Waals surface area contributed by atoms with Crippen molar-refractivity contribution in [2.75, 3.05) is 4.90 Å². The van der Waals surface area contributed by atoms with Crippen LogP contribution in [0.25, 0.3) is 93.2 Å². The molecule has 276 valence electrons. The van der Waals surface area contributed by atoms with Crippen LogP contribution in [-0.4, -0.2) is 4.57 Å². The van der Waals surface area contributed by atoms with E-state index in [1.165, 1.54) is 60.2 Å². The lowest BCUT2D eigenvalue weighted by molar-refractivity contribution is 0.669. The molecule has 0 saturated carbocycles. The van der Waals surface area contributed by atoms with Crippen molar-refractivity contribution in [3.8, 4) is 27.9 Å². The first-order valence-corrected chi connectivity index (χ1v) is 20.2. The highest BCUT2D eigenvalue weighted by Crippen LogP contribution is 2.42. The Kier molecular flexibility index (Phi) is 7.54. The van der Waals surface area contributed by atoms with Crippen LogP contribution in [0.4, 0.5) is 17.1 Å². The number of rotatable bonds is 6. The molecule has 10 aromatic carbocycles. The van der Waals surface area contributed by atoms with Crippen molar-refractivity contribution in [3.63, 3.8) is 0 Å². The zero-order chi connectivity index (χ0) is 38.9. The number of fused-ring (bicyclic) bond motifs is 8. The summed E-state index contributed by atoms with van der Waals surface area (Å²) in [6.45, 7) is 0. The summed E-state index contributed by atoms with van der Waals surface area (Å²) >= 11 is 0. The van der Waals surface area contributed by atoms with Crippen molar-refractivity contribution in [2.45, 2.75) is 0 Å². The zero-order valence-corrected chi connectivity index (χ0v) is 32.1. The minimum atomic E-state index is 0.907. The van der Waals surface area contributed by atoms with Crippen LogP contribution in [0.2, 0.25) is 0 Å². The normalized spacial score (nSPS) is 11.7. The minimum absolute atomic E-state index is 0.907. The van der Waals surface area contributed by atoms with Gasteiger partial charge >= 0.3 is 0 Å². The number of nitrogens with zero attached hydrogens (tertiary/aromatic N) is 2. The Morgan fingerprint density at radius 2 is 0.831 bits per heavy atom. The molecule has 0 saturated heterocycles. The van der Waals surface area contributed by atoms with Gasteiger partial charge in [0.15, 0.2) is 0 Å². The summed E-state index contributed by atoms with van der Waals surface area (Å²) in [5.41, 5.74) is 13.4. The van der Waals surface area contributed by atoms with Gasteiger partial charge in [0.1, 0.15) is 11.2 Å². The number of aromatic nitrogens is 1. The number of para-hydroxylation sites is 2. The fourth-order valence-electron chi connectivity index (χ4n) is 9.16. The molecule has 0 spiro atoms. The van der Waals surface area contributed by atoms with Gasteiger partial charge in [0.05, 0.1) is 22.4 Å². The van der Waals surface area contributed by atoms with Crippen molar-refractivity contribution in [3.05, 3.63) is 218 Å². The summed E-state index contributed by atoms with van der Waals surface area (Å²) in [5.74, 6) is 0. The molecule has 0 aliphatic rings. The molecule has 12 rings (SSSR count). The van der Waals surface area contributed by atoms with E-state index in [0.29, 0.717) is 0 Å². The average Bonchev–Trinajstić information content (AvgIpc) is 3.84. The molecule has 0 N–H and O–H groups in total. The molecular weight excluding hydrogens is 717 g/mol. The fourth-order valence-corrected chi connectivity index (χ4v) is 9.16. The third-order valence-electron chi connectivity index (χ3n) is 12.0. The maximum absolute atomic E-state index is 6.12. The van der Waals surface area contributed by atoms with Gasteiger partial charge in [-0.2, -0.15) is 0 Å². The summed E-state index contributed by atoms with van der Waals surface area (Å²) in [4.78, 5) is 2.38. The standard InChI is InChI=1S/C56H36N2O/c1-3-15-45-39(11-1)13-9-20-51(45)57(44-31-25-38(26-32-44)42-28-34-56-50(36-42)48-18-6-8-22-55(48)59-56)43-29-23-37(24-30-43)41-27-33-54-49(35-41)47-17-5-7-19-53(47)58(54)52-21-10-14-40-12-2-4-16-46(40)52/h1-36H. The largest absolute Gasteiger partial charge is 0.456 e. The molecule has 3 heteroatoms. The lowest BCUT2D eigenvalue weighted by atomic mass is 10.0. The molecule has 3 nitrogen and oxygen atoms in total. The van der Waals surface area contributed by atoms with E-state index in [9.17, 15) is 0 Å². The summed E-state index contributed by atoms with van der Waals surface area (Å²) in [6.07, 6.45) is 0. The van der Waals surface area contributed by atoms with E-state index in [0.717, 1.165) is 50.1 Å². The number of furan rings is 1. The van der Waals surface area contributed by atoms with Crippen molar-refractivity contribution in [1.29, 1.82) is 0 Å². The van der Waals surface area contributed by atoms with E-state index < -0.39 is 0 Å². The second-order valence-electron chi connectivity index (χ2n) is 15.3. The molecule has 12 aromatic rings. The molecular formula is C56H36N2O. The van der Waals surface area contributed by atoms with Gasteiger partial charge in [0, 0.05) is 43.7 Å². The van der Waals surface area contributed by atoms with Crippen molar-refractivity contribution in [2.24, 2.45) is 0 Å². The molecule has 0 bridgehead atoms. The maximum atomic E-state index is 6.12. The maximum Gasteiger partial charge on any atom is 0.135 e. The second kappa shape index (κ2) is 13.4. The molecule has 0 radical (unpaired) electrons. The lowest BCUT2D eigenvalue weighted by Crippen LogP contribution is -2.10. The smallest absolute Gasteiger partial charge is 0.135 e. The van der Waals surface area contributed by atoms with E-state index in [-0.39, 0.29) is 0 Å². The lowest BCUT2D eigenvalue weighted by Gasteiger charge is -2.27. The highest BCUT2D eigenvalue weighted by atomic mass is 16.3. The third kappa shape index (κ3) is 5.44. The molecule has 0 atom stereocenters. The Labute approximate surface area is 341 Å². The Morgan fingerprint density at radius 3 is 1.58 bits per heavy atom. The van der Waals surface area contributed by atoms with Crippen molar-refractivity contribution < 1.29 is 4.42 Å². The predicted molar refractivity (Wildman–Crippen MR) is 249 cm³/mol. The molecule has 0 aliphatic carbocycles. The first kappa shape index (κ1) is 33.3. The van der Waals surface area contributed by atoms with Gasteiger partial charge in [-0.3, -0.25) is 0 Å². The van der Waals surface area contributed by atoms with Gasteiger partial charge < -0.3 is 13.9 Å². The van der Waals surface area contributed by atoms with Crippen LogP contribution in [0.3, 0.4) is 0 Å². The van der Waals surface area contributed by atoms with E-state index in [4.69, 9.17) is 4.42 Å².